The summed E-state index contributed by atoms with van der Waals surface area (Å²) in [6.07, 6.45) is -1.49. The van der Waals surface area contributed by atoms with Crippen molar-refractivity contribution in [2.45, 2.75) is 39.0 Å². The van der Waals surface area contributed by atoms with Gasteiger partial charge in [0.15, 0.2) is 0 Å². The lowest BCUT2D eigenvalue weighted by Crippen LogP contribution is -2.55. The fourth-order valence-electron chi connectivity index (χ4n) is 2.75. The maximum atomic E-state index is 12.9. The number of likely N-dealkylation sites (N-methyl/N-ethyl adjacent to an activating group) is 2. The zero-order valence-corrected chi connectivity index (χ0v) is 16.4. The maximum Gasteiger partial charge on any atom is 0.410 e. The SMILES string of the molecule is CC(C)[C@@H](C(=O)N(C)[C@@H](CC(=O)O)C(=O)O)N(C)C(=O)OCc1ccccc1. The standard InChI is InChI=1S/C19H26N2O7/c1-12(2)16(17(24)20(3)14(18(25)26)10-15(22)23)21(4)19(27)28-11-13-8-6-5-7-9-13/h5-9,12,14,16H,10-11H2,1-4H3,(H,22,23)(H,25,26)/t14-,16-/m0/s1. The van der Waals surface area contributed by atoms with Gasteiger partial charge in [0.2, 0.25) is 5.91 Å². The Labute approximate surface area is 163 Å². The second kappa shape index (κ2) is 10.3. The van der Waals surface area contributed by atoms with Gasteiger partial charge in [0.05, 0.1) is 6.42 Å². The van der Waals surface area contributed by atoms with Crippen LogP contribution in [0.5, 0.6) is 0 Å². The highest BCUT2D eigenvalue weighted by Gasteiger charge is 2.37. The van der Waals surface area contributed by atoms with Gasteiger partial charge in [-0.15, -0.1) is 0 Å². The van der Waals surface area contributed by atoms with E-state index in [0.29, 0.717) is 0 Å². The van der Waals surface area contributed by atoms with Crippen LogP contribution in [0.2, 0.25) is 0 Å². The first-order valence-electron chi connectivity index (χ1n) is 8.71. The molecule has 0 saturated heterocycles. The summed E-state index contributed by atoms with van der Waals surface area (Å²) in [5.41, 5.74) is 0.779. The lowest BCUT2D eigenvalue weighted by molar-refractivity contribution is -0.155. The number of carboxylic acid groups (broad SMARTS) is 2. The van der Waals surface area contributed by atoms with Crippen molar-refractivity contribution >= 4 is 23.9 Å². The summed E-state index contributed by atoms with van der Waals surface area (Å²) in [4.78, 5) is 49.5. The zero-order valence-electron chi connectivity index (χ0n) is 16.4. The number of amides is 2. The molecule has 0 aromatic heterocycles. The van der Waals surface area contributed by atoms with Gasteiger partial charge in [-0.25, -0.2) is 9.59 Å². The Bertz CT molecular complexity index is 705. The molecule has 0 heterocycles. The molecule has 0 spiro atoms. The van der Waals surface area contributed by atoms with Crippen molar-refractivity contribution < 1.29 is 34.1 Å². The Kier molecular flexibility index (Phi) is 8.43. The Morgan fingerprint density at radius 3 is 2.04 bits per heavy atom. The first-order chi connectivity index (χ1) is 13.1. The van der Waals surface area contributed by atoms with E-state index < -0.39 is 42.4 Å². The Morgan fingerprint density at radius 2 is 1.57 bits per heavy atom. The van der Waals surface area contributed by atoms with E-state index in [2.05, 4.69) is 0 Å². The average Bonchev–Trinajstić information content (AvgIpc) is 2.63. The largest absolute Gasteiger partial charge is 0.481 e. The van der Waals surface area contributed by atoms with Gasteiger partial charge in [-0.3, -0.25) is 14.5 Å². The molecule has 0 fully saturated rings. The van der Waals surface area contributed by atoms with E-state index in [0.717, 1.165) is 15.4 Å². The molecule has 1 aromatic carbocycles. The van der Waals surface area contributed by atoms with Gasteiger partial charge >= 0.3 is 18.0 Å². The third-order valence-electron chi connectivity index (χ3n) is 4.26. The Morgan fingerprint density at radius 1 is 1.00 bits per heavy atom. The van der Waals surface area contributed by atoms with Crippen molar-refractivity contribution in [3.05, 3.63) is 35.9 Å². The topological polar surface area (TPSA) is 124 Å². The smallest absolute Gasteiger partial charge is 0.410 e. The molecular formula is C19H26N2O7. The van der Waals surface area contributed by atoms with E-state index in [9.17, 15) is 24.3 Å². The second-order valence-corrected chi connectivity index (χ2v) is 6.74. The number of nitrogens with zero attached hydrogens (tertiary/aromatic N) is 2. The van der Waals surface area contributed by atoms with Gasteiger partial charge in [-0.2, -0.15) is 0 Å². The Hall–Kier alpha value is -3.10. The van der Waals surface area contributed by atoms with Gasteiger partial charge < -0.3 is 19.8 Å². The highest BCUT2D eigenvalue weighted by Crippen LogP contribution is 2.17. The number of carbonyl (C=O) groups is 4. The summed E-state index contributed by atoms with van der Waals surface area (Å²) in [6.45, 7) is 3.42. The van der Waals surface area contributed by atoms with Crippen molar-refractivity contribution in [2.75, 3.05) is 14.1 Å². The molecule has 9 heteroatoms. The number of ether oxygens (including phenoxy) is 1. The average molecular weight is 394 g/mol. The first kappa shape index (κ1) is 22.9. The molecule has 2 amide bonds. The van der Waals surface area contributed by atoms with E-state index in [-0.39, 0.29) is 12.5 Å². The number of rotatable bonds is 9. The third-order valence-corrected chi connectivity index (χ3v) is 4.26. The highest BCUT2D eigenvalue weighted by atomic mass is 16.6. The summed E-state index contributed by atoms with van der Waals surface area (Å²) in [6, 6.07) is 6.46. The second-order valence-electron chi connectivity index (χ2n) is 6.74. The molecule has 0 aliphatic heterocycles. The minimum Gasteiger partial charge on any atom is -0.481 e. The van der Waals surface area contributed by atoms with E-state index in [1.54, 1.807) is 38.1 Å². The van der Waals surface area contributed by atoms with Crippen LogP contribution in [-0.2, 0) is 25.7 Å². The van der Waals surface area contributed by atoms with Gasteiger partial charge in [0.25, 0.3) is 0 Å². The van der Waals surface area contributed by atoms with Crippen molar-refractivity contribution in [2.24, 2.45) is 5.92 Å². The van der Waals surface area contributed by atoms with Crippen LogP contribution in [0, 0.1) is 5.92 Å². The lowest BCUT2D eigenvalue weighted by atomic mass is 10.0. The molecule has 0 unspecified atom stereocenters. The highest BCUT2D eigenvalue weighted by molar-refractivity contribution is 5.90. The third kappa shape index (κ3) is 6.26. The molecule has 0 aliphatic carbocycles. The van der Waals surface area contributed by atoms with Crippen LogP contribution >= 0.6 is 0 Å². The molecule has 0 saturated carbocycles. The zero-order chi connectivity index (χ0) is 21.4. The molecular weight excluding hydrogens is 368 g/mol. The van der Waals surface area contributed by atoms with Crippen LogP contribution in [0.15, 0.2) is 30.3 Å². The van der Waals surface area contributed by atoms with Crippen LogP contribution in [0.1, 0.15) is 25.8 Å². The first-order valence-corrected chi connectivity index (χ1v) is 8.71. The molecule has 0 aliphatic rings. The van der Waals surface area contributed by atoms with Gasteiger partial charge in [-0.05, 0) is 11.5 Å². The molecule has 28 heavy (non-hydrogen) atoms. The summed E-state index contributed by atoms with van der Waals surface area (Å²) in [5, 5.41) is 18.2. The molecule has 0 bridgehead atoms. The minimum atomic E-state index is -1.54. The number of carbonyl (C=O) groups excluding carboxylic acids is 2. The van der Waals surface area contributed by atoms with Crippen molar-refractivity contribution in [3.8, 4) is 0 Å². The summed E-state index contributed by atoms with van der Waals surface area (Å²) in [7, 11) is 2.60. The van der Waals surface area contributed by atoms with Crippen molar-refractivity contribution in [1.82, 2.24) is 9.80 Å². The summed E-state index contributed by atoms with van der Waals surface area (Å²) in [5.74, 6) is -3.81. The molecule has 154 valence electrons. The summed E-state index contributed by atoms with van der Waals surface area (Å²) >= 11 is 0. The lowest BCUT2D eigenvalue weighted by Gasteiger charge is -2.34. The minimum absolute atomic E-state index is 0.0234. The fraction of sp³-hybridized carbons (Fsp3) is 0.474. The van der Waals surface area contributed by atoms with Gasteiger partial charge in [0, 0.05) is 14.1 Å². The number of carboxylic acids is 2. The predicted molar refractivity (Wildman–Crippen MR) is 99.5 cm³/mol. The van der Waals surface area contributed by atoms with E-state index in [4.69, 9.17) is 9.84 Å². The van der Waals surface area contributed by atoms with Gasteiger partial charge in [-0.1, -0.05) is 44.2 Å². The van der Waals surface area contributed by atoms with Crippen LogP contribution in [-0.4, -0.2) is 70.1 Å². The van der Waals surface area contributed by atoms with E-state index in [1.807, 2.05) is 6.07 Å². The van der Waals surface area contributed by atoms with Crippen LogP contribution < -0.4 is 0 Å². The fourth-order valence-corrected chi connectivity index (χ4v) is 2.75. The number of hydrogen-bond donors (Lipinski definition) is 2. The summed E-state index contributed by atoms with van der Waals surface area (Å²) < 4.78 is 5.23. The quantitative estimate of drug-likeness (QED) is 0.653. The molecule has 2 N–H and O–H groups in total. The van der Waals surface area contributed by atoms with E-state index in [1.165, 1.54) is 14.1 Å². The van der Waals surface area contributed by atoms with Crippen LogP contribution in [0.4, 0.5) is 4.79 Å². The normalized spacial score (nSPS) is 12.8. The molecule has 0 radical (unpaired) electrons. The Balaban J connectivity index is 2.91. The number of hydrogen-bond acceptors (Lipinski definition) is 5. The molecule has 1 aromatic rings. The molecule has 9 nitrogen and oxygen atoms in total. The monoisotopic (exact) mass is 394 g/mol. The molecule has 1 rings (SSSR count). The number of aliphatic carboxylic acids is 2. The van der Waals surface area contributed by atoms with E-state index >= 15 is 0 Å². The molecule has 2 atom stereocenters. The van der Waals surface area contributed by atoms with Crippen LogP contribution in [0.25, 0.3) is 0 Å². The van der Waals surface area contributed by atoms with Crippen molar-refractivity contribution in [3.63, 3.8) is 0 Å². The van der Waals surface area contributed by atoms with Crippen LogP contribution in [0.3, 0.4) is 0 Å². The number of benzene rings is 1. The van der Waals surface area contributed by atoms with Crippen molar-refractivity contribution in [1.29, 1.82) is 0 Å². The van der Waals surface area contributed by atoms with Gasteiger partial charge in [0.1, 0.15) is 18.7 Å². The predicted octanol–water partition coefficient (Wildman–Crippen LogP) is 1.67. The maximum absolute atomic E-state index is 12.9.